The molecule has 3 rings (SSSR count). The van der Waals surface area contributed by atoms with Crippen molar-refractivity contribution in [3.8, 4) is 11.5 Å². The normalized spacial score (nSPS) is 11.7. The molecule has 1 aromatic heterocycles. The van der Waals surface area contributed by atoms with E-state index in [-0.39, 0.29) is 6.54 Å². The fourth-order valence-corrected chi connectivity index (χ4v) is 3.78. The third-order valence-electron chi connectivity index (χ3n) is 5.92. The maximum atomic E-state index is 11.7. The van der Waals surface area contributed by atoms with Crippen LogP contribution in [-0.2, 0) is 6.54 Å². The van der Waals surface area contributed by atoms with Crippen LogP contribution in [-0.4, -0.2) is 59.9 Å². The number of benzene rings is 2. The Morgan fingerprint density at radius 3 is 1.59 bits per heavy atom. The Balaban J connectivity index is 1.32. The van der Waals surface area contributed by atoms with E-state index >= 15 is 0 Å². The van der Waals surface area contributed by atoms with E-state index in [0.29, 0.717) is 25.3 Å². The summed E-state index contributed by atoms with van der Waals surface area (Å²) >= 11 is 0. The zero-order valence-corrected chi connectivity index (χ0v) is 23.0. The number of aromatic amines is 2. The van der Waals surface area contributed by atoms with Crippen molar-refractivity contribution in [1.29, 1.82) is 0 Å². The zero-order valence-electron chi connectivity index (χ0n) is 23.0. The first kappa shape index (κ1) is 29.6. The minimum Gasteiger partial charge on any atom is -0.494 e. The summed E-state index contributed by atoms with van der Waals surface area (Å²) in [7, 11) is 6.64. The van der Waals surface area contributed by atoms with Gasteiger partial charge in [0.15, 0.2) is 0 Å². The van der Waals surface area contributed by atoms with E-state index in [4.69, 9.17) is 9.47 Å². The van der Waals surface area contributed by atoms with Crippen LogP contribution in [0.1, 0.15) is 38.5 Å². The predicted molar refractivity (Wildman–Crippen MR) is 151 cm³/mol. The van der Waals surface area contributed by atoms with Gasteiger partial charge in [0.2, 0.25) is 0 Å². The topological polar surface area (TPSA) is 131 Å². The van der Waals surface area contributed by atoms with Crippen molar-refractivity contribution >= 4 is 11.4 Å². The van der Waals surface area contributed by atoms with E-state index in [1.165, 1.54) is 13.0 Å². The molecule has 0 amide bonds. The molecular weight excluding hydrogens is 500 g/mol. The second-order valence-electron chi connectivity index (χ2n) is 10.4. The Labute approximate surface area is 227 Å². The van der Waals surface area contributed by atoms with Gasteiger partial charge in [0, 0.05) is 6.54 Å². The highest BCUT2D eigenvalue weighted by atomic mass is 16.5. The molecule has 2 N–H and O–H groups in total. The van der Waals surface area contributed by atoms with E-state index in [1.54, 1.807) is 0 Å². The predicted octanol–water partition coefficient (Wildman–Crippen LogP) is 4.14. The molecule has 0 bridgehead atoms. The maximum absolute atomic E-state index is 11.7. The van der Waals surface area contributed by atoms with Crippen molar-refractivity contribution < 1.29 is 14.0 Å². The monoisotopic (exact) mass is 539 g/mol. The summed E-state index contributed by atoms with van der Waals surface area (Å²) in [6.07, 6.45) is 5.55. The Bertz CT molecular complexity index is 1320. The van der Waals surface area contributed by atoms with E-state index in [1.807, 2.05) is 58.5 Å². The molecule has 210 valence electrons. The summed E-state index contributed by atoms with van der Waals surface area (Å²) in [5.74, 6) is 1.56. The standard InChI is InChI=1S/C28H38N6O5/c1-34(2,3)19-7-5-9-21-39-25-16-12-23(13-17-25)32-31-22-10-14-24(15-11-22)38-20-8-4-6-18-33-27(36)29-26(35)30-28(33)37/h10-17H,4-9,18-21H2,1-3H3,(H-,29,30,35,36,37)/p+1. The lowest BCUT2D eigenvalue weighted by Crippen LogP contribution is -2.43. The molecule has 0 radical (unpaired) electrons. The number of rotatable bonds is 16. The van der Waals surface area contributed by atoms with Gasteiger partial charge >= 0.3 is 17.1 Å². The van der Waals surface area contributed by atoms with Crippen LogP contribution in [0.4, 0.5) is 11.4 Å². The summed E-state index contributed by atoms with van der Waals surface area (Å²) in [6.45, 7) is 2.62. The van der Waals surface area contributed by atoms with Gasteiger partial charge < -0.3 is 14.0 Å². The highest BCUT2D eigenvalue weighted by Gasteiger charge is 2.05. The maximum Gasteiger partial charge on any atom is 0.333 e. The van der Waals surface area contributed by atoms with Gasteiger partial charge in [-0.1, -0.05) is 0 Å². The average molecular weight is 540 g/mol. The van der Waals surface area contributed by atoms with Crippen LogP contribution >= 0.6 is 0 Å². The first-order valence-electron chi connectivity index (χ1n) is 13.3. The molecular formula is C28H39N6O5+. The van der Waals surface area contributed by atoms with Crippen molar-refractivity contribution in [1.82, 2.24) is 14.5 Å². The molecule has 11 nitrogen and oxygen atoms in total. The van der Waals surface area contributed by atoms with Gasteiger partial charge in [-0.2, -0.15) is 10.2 Å². The molecule has 2 aromatic carbocycles. The number of H-pyrrole nitrogens is 2. The number of nitrogens with zero attached hydrogens (tertiary/aromatic N) is 4. The van der Waals surface area contributed by atoms with E-state index in [0.717, 1.165) is 51.9 Å². The number of unbranched alkanes of at least 4 members (excludes halogenated alkanes) is 4. The summed E-state index contributed by atoms with van der Waals surface area (Å²) in [5, 5.41) is 8.57. The molecule has 0 saturated carbocycles. The second kappa shape index (κ2) is 14.8. The van der Waals surface area contributed by atoms with Gasteiger partial charge in [-0.05, 0) is 87.1 Å². The molecule has 0 aliphatic carbocycles. The molecule has 39 heavy (non-hydrogen) atoms. The van der Waals surface area contributed by atoms with Gasteiger partial charge in [-0.3, -0.25) is 9.97 Å². The first-order chi connectivity index (χ1) is 18.7. The Hall–Kier alpha value is -3.99. The first-order valence-corrected chi connectivity index (χ1v) is 13.3. The Morgan fingerprint density at radius 1 is 0.667 bits per heavy atom. The van der Waals surface area contributed by atoms with Crippen molar-refractivity contribution in [3.63, 3.8) is 0 Å². The lowest BCUT2D eigenvalue weighted by atomic mass is 10.2. The number of hydrogen-bond acceptors (Lipinski definition) is 7. The molecule has 0 atom stereocenters. The summed E-state index contributed by atoms with van der Waals surface area (Å²) < 4.78 is 13.6. The smallest absolute Gasteiger partial charge is 0.333 e. The van der Waals surface area contributed by atoms with Crippen LogP contribution in [0.15, 0.2) is 73.1 Å². The summed E-state index contributed by atoms with van der Waals surface area (Å²) in [6, 6.07) is 14.9. The van der Waals surface area contributed by atoms with Crippen molar-refractivity contribution in [2.75, 3.05) is 40.9 Å². The van der Waals surface area contributed by atoms with Gasteiger partial charge in [0.25, 0.3) is 0 Å². The van der Waals surface area contributed by atoms with Crippen molar-refractivity contribution in [2.45, 2.75) is 45.1 Å². The van der Waals surface area contributed by atoms with E-state index in [9.17, 15) is 14.4 Å². The summed E-state index contributed by atoms with van der Waals surface area (Å²) in [5.41, 5.74) is -0.731. The number of nitrogens with one attached hydrogen (secondary N) is 2. The molecule has 3 aromatic rings. The van der Waals surface area contributed by atoms with Crippen LogP contribution in [0.5, 0.6) is 11.5 Å². The third kappa shape index (κ3) is 11.1. The van der Waals surface area contributed by atoms with Gasteiger partial charge in [-0.15, -0.1) is 0 Å². The fraction of sp³-hybridized carbons (Fsp3) is 0.464. The molecule has 0 saturated heterocycles. The summed E-state index contributed by atoms with van der Waals surface area (Å²) in [4.78, 5) is 38.5. The van der Waals surface area contributed by atoms with Crippen LogP contribution in [0.2, 0.25) is 0 Å². The SMILES string of the molecule is C[N+](C)(C)CCCCCOc1ccc(N=Nc2ccc(OCCCCCn3c(=O)[nH]c(=O)[nH]c3=O)cc2)cc1. The van der Waals surface area contributed by atoms with E-state index in [2.05, 4.69) is 31.4 Å². The molecule has 11 heteroatoms. The van der Waals surface area contributed by atoms with E-state index < -0.39 is 17.1 Å². The number of quaternary nitrogens is 1. The number of ether oxygens (including phenoxy) is 2. The number of azo groups is 1. The average Bonchev–Trinajstić information content (AvgIpc) is 2.89. The molecule has 0 fully saturated rings. The number of hydrogen-bond donors (Lipinski definition) is 2. The highest BCUT2D eigenvalue weighted by molar-refractivity contribution is 5.44. The number of aromatic nitrogens is 3. The van der Waals surface area contributed by atoms with Gasteiger partial charge in [0.1, 0.15) is 11.5 Å². The zero-order chi connectivity index (χ0) is 28.1. The highest BCUT2D eigenvalue weighted by Crippen LogP contribution is 2.23. The largest absolute Gasteiger partial charge is 0.494 e. The Kier molecular flexibility index (Phi) is 11.2. The van der Waals surface area contributed by atoms with Crippen molar-refractivity contribution in [3.05, 3.63) is 80.0 Å². The van der Waals surface area contributed by atoms with Gasteiger partial charge in [0.05, 0.1) is 52.3 Å². The molecule has 1 heterocycles. The third-order valence-corrected chi connectivity index (χ3v) is 5.92. The molecule has 0 aliphatic heterocycles. The molecule has 0 unspecified atom stereocenters. The van der Waals surface area contributed by atoms with Crippen molar-refractivity contribution in [2.24, 2.45) is 10.2 Å². The lowest BCUT2D eigenvalue weighted by Gasteiger charge is -2.23. The quantitative estimate of drug-likeness (QED) is 0.160. The molecule has 0 aliphatic rings. The van der Waals surface area contributed by atoms with Crippen LogP contribution < -0.4 is 26.5 Å². The second-order valence-corrected chi connectivity index (χ2v) is 10.4. The minimum atomic E-state index is -0.797. The minimum absolute atomic E-state index is 0.234. The lowest BCUT2D eigenvalue weighted by molar-refractivity contribution is -0.870. The molecule has 0 spiro atoms. The van der Waals surface area contributed by atoms with Crippen LogP contribution in [0.3, 0.4) is 0 Å². The van der Waals surface area contributed by atoms with Gasteiger partial charge in [-0.25, -0.2) is 19.0 Å². The van der Waals surface area contributed by atoms with Crippen LogP contribution in [0, 0.1) is 0 Å². The van der Waals surface area contributed by atoms with Crippen LogP contribution in [0.25, 0.3) is 0 Å². The fourth-order valence-electron chi connectivity index (χ4n) is 3.78. The Morgan fingerprint density at radius 2 is 1.13 bits per heavy atom.